The molecule has 2 heterocycles. The zero-order chi connectivity index (χ0) is 18.1. The van der Waals surface area contributed by atoms with Gasteiger partial charge in [-0.3, -0.25) is 18.5 Å². The first-order valence-corrected chi connectivity index (χ1v) is 8.75. The van der Waals surface area contributed by atoms with Crippen molar-refractivity contribution in [3.63, 3.8) is 0 Å². The maximum atomic E-state index is 12.5. The van der Waals surface area contributed by atoms with E-state index < -0.39 is 27.8 Å². The second-order valence-electron chi connectivity index (χ2n) is 5.66. The number of imidazole rings is 1. The Bertz CT molecular complexity index is 955. The molecule has 1 N–H and O–H groups in total. The highest BCUT2D eigenvalue weighted by Gasteiger charge is 2.15. The number of hydrogen-bond donors (Lipinski definition) is 1. The molecule has 0 unspecified atom stereocenters. The minimum atomic E-state index is -4.47. The summed E-state index contributed by atoms with van der Waals surface area (Å²) in [6, 6.07) is 0. The normalized spacial score (nSPS) is 13.5. The van der Waals surface area contributed by atoms with Crippen molar-refractivity contribution in [2.75, 3.05) is 0 Å². The molecule has 134 valence electrons. The van der Waals surface area contributed by atoms with Crippen molar-refractivity contribution in [1.29, 1.82) is 0 Å². The molecule has 2 rings (SSSR count). The van der Waals surface area contributed by atoms with Gasteiger partial charge in [-0.2, -0.15) is 8.42 Å². The van der Waals surface area contributed by atoms with Crippen LogP contribution < -0.4 is 11.2 Å². The van der Waals surface area contributed by atoms with E-state index >= 15 is 0 Å². The summed E-state index contributed by atoms with van der Waals surface area (Å²) in [6.45, 7) is 1.71. The zero-order valence-corrected chi connectivity index (χ0v) is 14.5. The van der Waals surface area contributed by atoms with Crippen LogP contribution in [0.4, 0.5) is 0 Å². The minimum absolute atomic E-state index is 0.200. The molecule has 1 atom stereocenters. The Kier molecular flexibility index (Phi) is 5.26. The summed E-state index contributed by atoms with van der Waals surface area (Å²) in [5, 5.41) is 0. The summed E-state index contributed by atoms with van der Waals surface area (Å²) in [4.78, 5) is 28.8. The van der Waals surface area contributed by atoms with Crippen LogP contribution in [0, 0.1) is 0 Å². The molecule has 24 heavy (non-hydrogen) atoms. The number of rotatable bonds is 7. The predicted molar refractivity (Wildman–Crippen MR) is 86.2 cm³/mol. The summed E-state index contributed by atoms with van der Waals surface area (Å²) >= 11 is 0. The molecule has 0 aromatic carbocycles. The fourth-order valence-corrected chi connectivity index (χ4v) is 3.06. The molecule has 0 aliphatic heterocycles. The van der Waals surface area contributed by atoms with Crippen molar-refractivity contribution in [3.05, 3.63) is 27.2 Å². The van der Waals surface area contributed by atoms with Crippen LogP contribution in [0.5, 0.6) is 0 Å². The van der Waals surface area contributed by atoms with Crippen LogP contribution in [0.15, 0.2) is 15.9 Å². The van der Waals surface area contributed by atoms with E-state index in [1.165, 1.54) is 17.8 Å². The molecular formula is C13H20N4O6S. The molecule has 0 bridgehead atoms. The van der Waals surface area contributed by atoms with E-state index in [-0.39, 0.29) is 6.54 Å². The van der Waals surface area contributed by atoms with Gasteiger partial charge >= 0.3 is 16.1 Å². The Labute approximate surface area is 138 Å². The van der Waals surface area contributed by atoms with Gasteiger partial charge < -0.3 is 4.57 Å². The first-order valence-electron chi connectivity index (χ1n) is 7.38. The van der Waals surface area contributed by atoms with Crippen LogP contribution in [0.3, 0.4) is 0 Å². The third-order valence-electron chi connectivity index (χ3n) is 3.73. The number of aryl methyl sites for hydroxylation is 2. The molecular weight excluding hydrogens is 340 g/mol. The first-order chi connectivity index (χ1) is 11.1. The van der Waals surface area contributed by atoms with Crippen LogP contribution in [0.1, 0.15) is 26.2 Å². The number of hydrogen-bond acceptors (Lipinski definition) is 6. The highest BCUT2D eigenvalue weighted by molar-refractivity contribution is 7.80. The lowest BCUT2D eigenvalue weighted by atomic mass is 10.2. The van der Waals surface area contributed by atoms with Crippen LogP contribution in [-0.2, 0) is 35.2 Å². The van der Waals surface area contributed by atoms with E-state index in [1.54, 1.807) is 18.7 Å². The zero-order valence-electron chi connectivity index (χ0n) is 13.7. The molecule has 0 radical (unpaired) electrons. The van der Waals surface area contributed by atoms with E-state index in [0.717, 1.165) is 4.57 Å². The smallest absolute Gasteiger partial charge is 0.328 e. The summed E-state index contributed by atoms with van der Waals surface area (Å²) in [5.74, 6) is 0. The summed E-state index contributed by atoms with van der Waals surface area (Å²) < 4.78 is 38.2. The van der Waals surface area contributed by atoms with E-state index in [4.69, 9.17) is 4.55 Å². The lowest BCUT2D eigenvalue weighted by Crippen LogP contribution is -2.39. The standard InChI is InChI=1S/C13H20N4O6S/c1-9(23-24(20,21)22)6-4-5-7-17-12(18)10-11(14-8-15(10)2)16(3)13(17)19/h8-9H,4-7H2,1-3H3,(H,20,21,22)/t9-/m1/s1. The van der Waals surface area contributed by atoms with Gasteiger partial charge in [0.15, 0.2) is 11.2 Å². The SMILES string of the molecule is C[C@H](CCCCn1c(=O)c2c(ncn2C)n(C)c1=O)OS(=O)(=O)O. The van der Waals surface area contributed by atoms with Crippen molar-refractivity contribution in [2.24, 2.45) is 14.1 Å². The number of unbranched alkanes of at least 4 members (excludes halogenated alkanes) is 1. The molecule has 0 aliphatic carbocycles. The lowest BCUT2D eigenvalue weighted by molar-refractivity contribution is 0.185. The highest BCUT2D eigenvalue weighted by atomic mass is 32.3. The monoisotopic (exact) mass is 360 g/mol. The summed E-state index contributed by atoms with van der Waals surface area (Å²) in [6.07, 6.45) is 2.17. The van der Waals surface area contributed by atoms with Crippen LogP contribution in [0.2, 0.25) is 0 Å². The van der Waals surface area contributed by atoms with Crippen LogP contribution in [-0.4, -0.2) is 37.8 Å². The quantitative estimate of drug-likeness (QED) is 0.536. The van der Waals surface area contributed by atoms with Gasteiger partial charge in [-0.15, -0.1) is 0 Å². The van der Waals surface area contributed by atoms with Gasteiger partial charge in [-0.05, 0) is 26.2 Å². The highest BCUT2D eigenvalue weighted by Crippen LogP contribution is 2.08. The molecule has 0 fully saturated rings. The molecule has 0 spiro atoms. The largest absolute Gasteiger partial charge is 0.397 e. The van der Waals surface area contributed by atoms with E-state index in [1.807, 2.05) is 0 Å². The van der Waals surface area contributed by atoms with E-state index in [2.05, 4.69) is 9.17 Å². The fraction of sp³-hybridized carbons (Fsp3) is 0.615. The minimum Gasteiger partial charge on any atom is -0.328 e. The number of aromatic nitrogens is 4. The second kappa shape index (κ2) is 6.87. The van der Waals surface area contributed by atoms with Crippen LogP contribution >= 0.6 is 0 Å². The Hall–Kier alpha value is -1.98. The van der Waals surface area contributed by atoms with Crippen molar-refractivity contribution in [1.82, 2.24) is 18.7 Å². The Morgan fingerprint density at radius 2 is 1.96 bits per heavy atom. The Morgan fingerprint density at radius 1 is 1.29 bits per heavy atom. The van der Waals surface area contributed by atoms with Gasteiger partial charge in [0.25, 0.3) is 5.56 Å². The van der Waals surface area contributed by atoms with Gasteiger partial charge in [0.1, 0.15) is 0 Å². The molecule has 2 aromatic heterocycles. The average Bonchev–Trinajstić information content (AvgIpc) is 2.84. The summed E-state index contributed by atoms with van der Waals surface area (Å²) in [7, 11) is -1.24. The predicted octanol–water partition coefficient (Wildman–Crippen LogP) is -0.188. The fourth-order valence-electron chi connectivity index (χ4n) is 2.55. The van der Waals surface area contributed by atoms with Gasteiger partial charge in [0, 0.05) is 20.6 Å². The molecule has 2 aromatic rings. The molecule has 0 aliphatic rings. The molecule has 11 heteroatoms. The van der Waals surface area contributed by atoms with E-state index in [9.17, 15) is 18.0 Å². The Balaban J connectivity index is 2.10. The third-order valence-corrected chi connectivity index (χ3v) is 4.30. The molecule has 10 nitrogen and oxygen atoms in total. The van der Waals surface area contributed by atoms with Crippen molar-refractivity contribution >= 4 is 21.6 Å². The Morgan fingerprint density at radius 3 is 2.58 bits per heavy atom. The van der Waals surface area contributed by atoms with Gasteiger partial charge in [0.05, 0.1) is 12.4 Å². The van der Waals surface area contributed by atoms with Gasteiger partial charge in [-0.25, -0.2) is 14.0 Å². The first kappa shape index (κ1) is 18.4. The molecule has 0 amide bonds. The third kappa shape index (κ3) is 3.91. The molecule has 0 saturated heterocycles. The van der Waals surface area contributed by atoms with Gasteiger partial charge in [0.2, 0.25) is 0 Å². The second-order valence-corrected chi connectivity index (χ2v) is 6.70. The number of nitrogens with zero attached hydrogens (tertiary/aromatic N) is 4. The summed E-state index contributed by atoms with van der Waals surface area (Å²) in [5.41, 5.74) is -0.178. The van der Waals surface area contributed by atoms with Crippen molar-refractivity contribution < 1.29 is 17.2 Å². The lowest BCUT2D eigenvalue weighted by Gasteiger charge is -2.11. The van der Waals surface area contributed by atoms with Crippen LogP contribution in [0.25, 0.3) is 11.2 Å². The van der Waals surface area contributed by atoms with E-state index in [0.29, 0.717) is 30.4 Å². The topological polar surface area (TPSA) is 125 Å². The van der Waals surface area contributed by atoms with Crippen molar-refractivity contribution in [3.8, 4) is 0 Å². The number of fused-ring (bicyclic) bond motifs is 1. The maximum Gasteiger partial charge on any atom is 0.397 e. The molecule has 0 saturated carbocycles. The average molecular weight is 360 g/mol. The van der Waals surface area contributed by atoms with Gasteiger partial charge in [-0.1, -0.05) is 0 Å². The maximum absolute atomic E-state index is 12.5. The van der Waals surface area contributed by atoms with Crippen molar-refractivity contribution in [2.45, 2.75) is 38.8 Å².